The molecule has 0 saturated heterocycles. The highest BCUT2D eigenvalue weighted by Gasteiger charge is 2.41. The van der Waals surface area contributed by atoms with Gasteiger partial charge in [-0.15, -0.1) is 0 Å². The van der Waals surface area contributed by atoms with Crippen molar-refractivity contribution in [2.45, 2.75) is 44.4 Å². The second-order valence-corrected chi connectivity index (χ2v) is 5.83. The van der Waals surface area contributed by atoms with Gasteiger partial charge in [-0.2, -0.15) is 13.2 Å². The molecular formula is C16H22F3NO3. The number of alkyl halides is 3. The average molecular weight is 333 g/mol. The van der Waals surface area contributed by atoms with Gasteiger partial charge >= 0.3 is 6.18 Å². The summed E-state index contributed by atoms with van der Waals surface area (Å²) in [6.45, 7) is 0.391. The van der Waals surface area contributed by atoms with Gasteiger partial charge in [-0.1, -0.05) is 6.42 Å². The van der Waals surface area contributed by atoms with Crippen LogP contribution in [0.4, 0.5) is 13.2 Å². The SMILES string of the molecule is COc1cc(CNC2CCCC(C(F)(F)F)C2)cc(OC)c1O. The number of methoxy groups -OCH3 is 2. The topological polar surface area (TPSA) is 50.7 Å². The van der Waals surface area contributed by atoms with Crippen molar-refractivity contribution in [3.63, 3.8) is 0 Å². The Hall–Kier alpha value is -1.63. The Kier molecular flexibility index (Phi) is 5.62. The summed E-state index contributed by atoms with van der Waals surface area (Å²) < 4.78 is 48.6. The largest absolute Gasteiger partial charge is 0.502 e. The van der Waals surface area contributed by atoms with Crippen LogP contribution in [0.2, 0.25) is 0 Å². The fourth-order valence-corrected chi connectivity index (χ4v) is 2.98. The van der Waals surface area contributed by atoms with Crippen LogP contribution in [0.1, 0.15) is 31.2 Å². The van der Waals surface area contributed by atoms with Crippen LogP contribution in [0.25, 0.3) is 0 Å². The van der Waals surface area contributed by atoms with E-state index in [2.05, 4.69) is 5.32 Å². The molecule has 1 aliphatic rings. The predicted molar refractivity (Wildman–Crippen MR) is 79.9 cm³/mol. The molecule has 0 aromatic heterocycles. The first-order valence-electron chi connectivity index (χ1n) is 7.59. The summed E-state index contributed by atoms with van der Waals surface area (Å²) in [5.41, 5.74) is 0.783. The van der Waals surface area contributed by atoms with Gasteiger partial charge in [0.25, 0.3) is 0 Å². The van der Waals surface area contributed by atoms with Gasteiger partial charge in [-0.3, -0.25) is 0 Å². The molecule has 2 N–H and O–H groups in total. The molecule has 2 rings (SSSR count). The number of hydrogen-bond donors (Lipinski definition) is 2. The van der Waals surface area contributed by atoms with Gasteiger partial charge in [0, 0.05) is 12.6 Å². The molecule has 2 unspecified atom stereocenters. The van der Waals surface area contributed by atoms with Crippen LogP contribution in [-0.4, -0.2) is 31.5 Å². The summed E-state index contributed by atoms with van der Waals surface area (Å²) in [7, 11) is 2.86. The third-order valence-corrected chi connectivity index (χ3v) is 4.27. The second kappa shape index (κ2) is 7.29. The number of hydrogen-bond acceptors (Lipinski definition) is 4. The van der Waals surface area contributed by atoms with E-state index in [0.29, 0.717) is 13.0 Å². The zero-order valence-electron chi connectivity index (χ0n) is 13.2. The van der Waals surface area contributed by atoms with Crippen molar-refractivity contribution >= 4 is 0 Å². The lowest BCUT2D eigenvalue weighted by atomic mass is 9.85. The first-order chi connectivity index (χ1) is 10.8. The number of nitrogens with one attached hydrogen (secondary N) is 1. The van der Waals surface area contributed by atoms with Crippen LogP contribution in [-0.2, 0) is 6.54 Å². The zero-order valence-corrected chi connectivity index (χ0v) is 13.2. The minimum absolute atomic E-state index is 0.0893. The molecule has 1 aliphatic carbocycles. The normalized spacial score (nSPS) is 22.0. The highest BCUT2D eigenvalue weighted by atomic mass is 19.4. The van der Waals surface area contributed by atoms with E-state index in [1.807, 2.05) is 0 Å². The smallest absolute Gasteiger partial charge is 0.391 e. The Bertz CT molecular complexity index is 509. The second-order valence-electron chi connectivity index (χ2n) is 5.83. The van der Waals surface area contributed by atoms with Gasteiger partial charge in [0.05, 0.1) is 20.1 Å². The van der Waals surface area contributed by atoms with Crippen LogP contribution in [0.3, 0.4) is 0 Å². The highest BCUT2D eigenvalue weighted by molar-refractivity contribution is 5.52. The molecule has 2 atom stereocenters. The van der Waals surface area contributed by atoms with Crippen molar-refractivity contribution in [3.05, 3.63) is 17.7 Å². The maximum Gasteiger partial charge on any atom is 0.391 e. The molecule has 0 spiro atoms. The summed E-state index contributed by atoms with van der Waals surface area (Å²) >= 11 is 0. The summed E-state index contributed by atoms with van der Waals surface area (Å²) in [5, 5.41) is 13.0. The Balaban J connectivity index is 2.00. The van der Waals surface area contributed by atoms with Crippen LogP contribution < -0.4 is 14.8 Å². The van der Waals surface area contributed by atoms with E-state index in [9.17, 15) is 18.3 Å². The standard InChI is InChI=1S/C16H22F3NO3/c1-22-13-6-10(7-14(23-2)15(13)21)9-20-12-5-3-4-11(8-12)16(17,18)19/h6-7,11-12,20-21H,3-5,8-9H2,1-2H3. The van der Waals surface area contributed by atoms with E-state index in [1.165, 1.54) is 14.2 Å². The molecule has 23 heavy (non-hydrogen) atoms. The maximum atomic E-state index is 12.8. The van der Waals surface area contributed by atoms with Crippen molar-refractivity contribution in [2.75, 3.05) is 14.2 Å². The average Bonchev–Trinajstić information content (AvgIpc) is 2.53. The Labute approximate surface area is 133 Å². The molecule has 130 valence electrons. The van der Waals surface area contributed by atoms with Gasteiger partial charge in [0.15, 0.2) is 11.5 Å². The molecule has 7 heteroatoms. The summed E-state index contributed by atoms with van der Waals surface area (Å²) in [6, 6.07) is 3.13. The van der Waals surface area contributed by atoms with Crippen molar-refractivity contribution in [1.82, 2.24) is 5.32 Å². The maximum absolute atomic E-state index is 12.8. The van der Waals surface area contributed by atoms with Gasteiger partial charge in [0.1, 0.15) is 0 Å². The fourth-order valence-electron chi connectivity index (χ4n) is 2.98. The molecule has 1 fully saturated rings. The Morgan fingerprint density at radius 1 is 1.17 bits per heavy atom. The number of phenolic OH excluding ortho intramolecular Hbond substituents is 1. The van der Waals surface area contributed by atoms with Crippen LogP contribution in [0.15, 0.2) is 12.1 Å². The zero-order chi connectivity index (χ0) is 17.0. The minimum atomic E-state index is -4.12. The van der Waals surface area contributed by atoms with Crippen LogP contribution in [0, 0.1) is 5.92 Å². The monoisotopic (exact) mass is 333 g/mol. The van der Waals surface area contributed by atoms with Crippen LogP contribution >= 0.6 is 0 Å². The third-order valence-electron chi connectivity index (χ3n) is 4.27. The molecular weight excluding hydrogens is 311 g/mol. The molecule has 1 aromatic carbocycles. The number of benzene rings is 1. The Morgan fingerprint density at radius 3 is 2.30 bits per heavy atom. The molecule has 0 bridgehead atoms. The van der Waals surface area contributed by atoms with Gasteiger partial charge in [-0.25, -0.2) is 0 Å². The molecule has 1 saturated carbocycles. The van der Waals surface area contributed by atoms with Gasteiger partial charge < -0.3 is 19.9 Å². The highest BCUT2D eigenvalue weighted by Crippen LogP contribution is 2.39. The third kappa shape index (κ3) is 4.43. The van der Waals surface area contributed by atoms with E-state index in [1.54, 1.807) is 12.1 Å². The lowest BCUT2D eigenvalue weighted by Crippen LogP contribution is -2.38. The summed E-state index contributed by atoms with van der Waals surface area (Å²) in [6.07, 6.45) is -2.49. The molecule has 4 nitrogen and oxygen atoms in total. The molecule has 0 aliphatic heterocycles. The molecule has 1 aromatic rings. The molecule has 0 amide bonds. The molecule has 0 radical (unpaired) electrons. The first kappa shape index (κ1) is 17.7. The lowest BCUT2D eigenvalue weighted by molar-refractivity contribution is -0.183. The lowest BCUT2D eigenvalue weighted by Gasteiger charge is -2.31. The van der Waals surface area contributed by atoms with Crippen molar-refractivity contribution < 1.29 is 27.8 Å². The molecule has 0 heterocycles. The quantitative estimate of drug-likeness (QED) is 0.864. The van der Waals surface area contributed by atoms with Crippen molar-refractivity contribution in [1.29, 1.82) is 0 Å². The first-order valence-corrected chi connectivity index (χ1v) is 7.59. The van der Waals surface area contributed by atoms with Gasteiger partial charge in [-0.05, 0) is 37.0 Å². The predicted octanol–water partition coefficient (Wildman–Crippen LogP) is 3.62. The fraction of sp³-hybridized carbons (Fsp3) is 0.625. The van der Waals surface area contributed by atoms with E-state index in [0.717, 1.165) is 12.0 Å². The van der Waals surface area contributed by atoms with E-state index in [4.69, 9.17) is 9.47 Å². The minimum Gasteiger partial charge on any atom is -0.502 e. The van der Waals surface area contributed by atoms with Crippen molar-refractivity contribution in [2.24, 2.45) is 5.92 Å². The van der Waals surface area contributed by atoms with Crippen LogP contribution in [0.5, 0.6) is 17.2 Å². The summed E-state index contributed by atoms with van der Waals surface area (Å²) in [4.78, 5) is 0. The number of rotatable bonds is 5. The summed E-state index contributed by atoms with van der Waals surface area (Å²) in [5.74, 6) is -0.762. The van der Waals surface area contributed by atoms with E-state index >= 15 is 0 Å². The number of aromatic hydroxyl groups is 1. The number of halogens is 3. The Morgan fingerprint density at radius 2 is 1.78 bits per heavy atom. The van der Waals surface area contributed by atoms with E-state index in [-0.39, 0.29) is 36.1 Å². The van der Waals surface area contributed by atoms with E-state index < -0.39 is 12.1 Å². The van der Waals surface area contributed by atoms with Crippen molar-refractivity contribution in [3.8, 4) is 17.2 Å². The number of ether oxygens (including phenoxy) is 2. The van der Waals surface area contributed by atoms with Gasteiger partial charge in [0.2, 0.25) is 5.75 Å². The number of phenols is 1.